The van der Waals surface area contributed by atoms with E-state index in [-0.39, 0.29) is 5.92 Å². The molecule has 0 saturated heterocycles. The van der Waals surface area contributed by atoms with Gasteiger partial charge in [0, 0.05) is 22.0 Å². The first kappa shape index (κ1) is 18.9. The molecule has 0 saturated carbocycles. The Hall–Kier alpha value is -2.47. The van der Waals surface area contributed by atoms with E-state index in [0.717, 1.165) is 16.0 Å². The van der Waals surface area contributed by atoms with Crippen molar-refractivity contribution in [1.29, 1.82) is 0 Å². The summed E-state index contributed by atoms with van der Waals surface area (Å²) < 4.78 is 29.6. The fourth-order valence-corrected chi connectivity index (χ4v) is 5.48. The number of hydrogen-bond donors (Lipinski definition) is 1. The zero-order valence-electron chi connectivity index (χ0n) is 15.5. The van der Waals surface area contributed by atoms with Gasteiger partial charge in [0.25, 0.3) is 0 Å². The molecule has 1 unspecified atom stereocenters. The molecule has 0 aliphatic rings. The standard InChI is InChI=1S/C23H21NO2S2/c1-17-11-13-20(14-12-17)28(25,26)24-16-21(18-7-3-2-4-8-18)23-15-19-9-5-6-10-22(19)27-23/h2-15,21,24H,16H2,1H3. The Labute approximate surface area is 169 Å². The van der Waals surface area contributed by atoms with Crippen molar-refractivity contribution in [2.75, 3.05) is 6.54 Å². The van der Waals surface area contributed by atoms with Crippen LogP contribution < -0.4 is 4.72 Å². The lowest BCUT2D eigenvalue weighted by molar-refractivity contribution is 0.578. The van der Waals surface area contributed by atoms with E-state index in [2.05, 4.69) is 35.1 Å². The average Bonchev–Trinajstić information content (AvgIpc) is 3.13. The molecule has 28 heavy (non-hydrogen) atoms. The van der Waals surface area contributed by atoms with Crippen LogP contribution in [0.2, 0.25) is 0 Å². The number of fused-ring (bicyclic) bond motifs is 1. The van der Waals surface area contributed by atoms with E-state index in [9.17, 15) is 8.42 Å². The van der Waals surface area contributed by atoms with E-state index >= 15 is 0 Å². The van der Waals surface area contributed by atoms with Crippen molar-refractivity contribution in [2.24, 2.45) is 0 Å². The third-order valence-corrected chi connectivity index (χ3v) is 7.47. The van der Waals surface area contributed by atoms with Gasteiger partial charge in [-0.3, -0.25) is 0 Å². The molecule has 0 fully saturated rings. The van der Waals surface area contributed by atoms with Crippen molar-refractivity contribution >= 4 is 31.4 Å². The Morgan fingerprint density at radius 3 is 2.29 bits per heavy atom. The SMILES string of the molecule is Cc1ccc(S(=O)(=O)NCC(c2ccccc2)c2cc3ccccc3s2)cc1. The number of hydrogen-bond acceptors (Lipinski definition) is 3. The van der Waals surface area contributed by atoms with Gasteiger partial charge in [0.15, 0.2) is 0 Å². The summed E-state index contributed by atoms with van der Waals surface area (Å²) in [6, 6.07) is 27.4. The molecule has 0 radical (unpaired) electrons. The Morgan fingerprint density at radius 1 is 0.893 bits per heavy atom. The third kappa shape index (κ3) is 4.02. The van der Waals surface area contributed by atoms with Crippen LogP contribution in [-0.4, -0.2) is 15.0 Å². The molecule has 0 aliphatic carbocycles. The highest BCUT2D eigenvalue weighted by Gasteiger charge is 2.21. The maximum Gasteiger partial charge on any atom is 0.240 e. The van der Waals surface area contributed by atoms with Crippen LogP contribution in [0.5, 0.6) is 0 Å². The van der Waals surface area contributed by atoms with Crippen molar-refractivity contribution in [2.45, 2.75) is 17.7 Å². The smallest absolute Gasteiger partial charge is 0.210 e. The van der Waals surface area contributed by atoms with E-state index in [0.29, 0.717) is 11.4 Å². The van der Waals surface area contributed by atoms with Crippen molar-refractivity contribution in [3.63, 3.8) is 0 Å². The lowest BCUT2D eigenvalue weighted by Gasteiger charge is -2.17. The van der Waals surface area contributed by atoms with Gasteiger partial charge in [0.1, 0.15) is 0 Å². The second-order valence-electron chi connectivity index (χ2n) is 6.81. The Bertz CT molecular complexity index is 1150. The van der Waals surface area contributed by atoms with Gasteiger partial charge in [-0.1, -0.05) is 66.2 Å². The molecule has 4 aromatic rings. The zero-order chi connectivity index (χ0) is 19.6. The van der Waals surface area contributed by atoms with Crippen LogP contribution >= 0.6 is 11.3 Å². The fourth-order valence-electron chi connectivity index (χ4n) is 3.24. The van der Waals surface area contributed by atoms with E-state index < -0.39 is 10.0 Å². The molecule has 1 atom stereocenters. The molecule has 3 aromatic carbocycles. The van der Waals surface area contributed by atoms with Gasteiger partial charge < -0.3 is 0 Å². The van der Waals surface area contributed by atoms with E-state index in [1.54, 1.807) is 23.5 Å². The molecular formula is C23H21NO2S2. The quantitative estimate of drug-likeness (QED) is 0.470. The Kier molecular flexibility index (Phi) is 5.31. The highest BCUT2D eigenvalue weighted by molar-refractivity contribution is 7.89. The van der Waals surface area contributed by atoms with Gasteiger partial charge in [-0.05, 0) is 42.1 Å². The molecule has 4 rings (SSSR count). The highest BCUT2D eigenvalue weighted by Crippen LogP contribution is 2.34. The van der Waals surface area contributed by atoms with E-state index in [1.165, 1.54) is 10.1 Å². The van der Waals surface area contributed by atoms with Crippen LogP contribution in [0.15, 0.2) is 89.8 Å². The molecule has 0 bridgehead atoms. The first-order valence-electron chi connectivity index (χ1n) is 9.13. The first-order valence-corrected chi connectivity index (χ1v) is 11.4. The number of thiophene rings is 1. The summed E-state index contributed by atoms with van der Waals surface area (Å²) in [6.07, 6.45) is 0. The monoisotopic (exact) mass is 407 g/mol. The zero-order valence-corrected chi connectivity index (χ0v) is 17.1. The second-order valence-corrected chi connectivity index (χ2v) is 9.70. The number of rotatable bonds is 6. The van der Waals surface area contributed by atoms with Gasteiger partial charge in [0.05, 0.1) is 4.90 Å². The molecule has 5 heteroatoms. The number of sulfonamides is 1. The predicted molar refractivity (Wildman–Crippen MR) is 116 cm³/mol. The lowest BCUT2D eigenvalue weighted by Crippen LogP contribution is -2.28. The lowest BCUT2D eigenvalue weighted by atomic mass is 9.97. The van der Waals surface area contributed by atoms with Crippen LogP contribution in [-0.2, 0) is 10.0 Å². The summed E-state index contributed by atoms with van der Waals surface area (Å²) in [5.41, 5.74) is 2.13. The normalized spacial score (nSPS) is 12.9. The van der Waals surface area contributed by atoms with Crippen molar-refractivity contribution in [3.8, 4) is 0 Å². The van der Waals surface area contributed by atoms with E-state index in [4.69, 9.17) is 0 Å². The Balaban J connectivity index is 1.65. The van der Waals surface area contributed by atoms with Crippen molar-refractivity contribution < 1.29 is 8.42 Å². The van der Waals surface area contributed by atoms with Gasteiger partial charge >= 0.3 is 0 Å². The molecule has 0 spiro atoms. The fraction of sp³-hybridized carbons (Fsp3) is 0.130. The van der Waals surface area contributed by atoms with Gasteiger partial charge in [-0.25, -0.2) is 13.1 Å². The predicted octanol–water partition coefficient (Wildman–Crippen LogP) is 5.32. The summed E-state index contributed by atoms with van der Waals surface area (Å²) in [7, 11) is -3.56. The molecular weight excluding hydrogens is 386 g/mol. The molecule has 3 nitrogen and oxygen atoms in total. The third-order valence-electron chi connectivity index (χ3n) is 4.80. The highest BCUT2D eigenvalue weighted by atomic mass is 32.2. The maximum absolute atomic E-state index is 12.8. The average molecular weight is 408 g/mol. The van der Waals surface area contributed by atoms with Crippen LogP contribution in [0.4, 0.5) is 0 Å². The maximum atomic E-state index is 12.8. The first-order chi connectivity index (χ1) is 13.5. The molecule has 1 aromatic heterocycles. The minimum Gasteiger partial charge on any atom is -0.210 e. The summed E-state index contributed by atoms with van der Waals surface area (Å²) in [5, 5.41) is 1.19. The number of aryl methyl sites for hydroxylation is 1. The molecule has 0 aliphatic heterocycles. The van der Waals surface area contributed by atoms with Crippen molar-refractivity contribution in [3.05, 3.63) is 101 Å². The van der Waals surface area contributed by atoms with Crippen LogP contribution in [0.1, 0.15) is 21.9 Å². The summed E-state index contributed by atoms with van der Waals surface area (Å²) in [6.45, 7) is 2.25. The number of nitrogens with one attached hydrogen (secondary N) is 1. The van der Waals surface area contributed by atoms with Crippen molar-refractivity contribution in [1.82, 2.24) is 4.72 Å². The van der Waals surface area contributed by atoms with Gasteiger partial charge in [0.2, 0.25) is 10.0 Å². The largest absolute Gasteiger partial charge is 0.240 e. The molecule has 142 valence electrons. The summed E-state index contributed by atoms with van der Waals surface area (Å²) in [5.74, 6) is -0.0428. The van der Waals surface area contributed by atoms with Crippen LogP contribution in [0.25, 0.3) is 10.1 Å². The minimum atomic E-state index is -3.56. The second kappa shape index (κ2) is 7.87. The molecule has 0 amide bonds. The summed E-state index contributed by atoms with van der Waals surface area (Å²) >= 11 is 1.71. The summed E-state index contributed by atoms with van der Waals surface area (Å²) in [4.78, 5) is 1.44. The topological polar surface area (TPSA) is 46.2 Å². The van der Waals surface area contributed by atoms with Crippen LogP contribution in [0.3, 0.4) is 0 Å². The van der Waals surface area contributed by atoms with Crippen LogP contribution in [0, 0.1) is 6.92 Å². The van der Waals surface area contributed by atoms with E-state index in [1.807, 2.05) is 49.4 Å². The minimum absolute atomic E-state index is 0.0428. The van der Waals surface area contributed by atoms with Gasteiger partial charge in [-0.15, -0.1) is 11.3 Å². The van der Waals surface area contributed by atoms with Gasteiger partial charge in [-0.2, -0.15) is 0 Å². The molecule has 1 heterocycles. The molecule has 1 N–H and O–H groups in total. The Morgan fingerprint density at radius 2 is 1.57 bits per heavy atom. The number of benzene rings is 3.